The Morgan fingerprint density at radius 3 is 2.81 bits per heavy atom. The molecule has 2 N–H and O–H groups in total. The zero-order chi connectivity index (χ0) is 15.1. The molecule has 0 aliphatic carbocycles. The second-order valence-electron chi connectivity index (χ2n) is 4.57. The molecule has 0 radical (unpaired) electrons. The number of benzene rings is 1. The van der Waals surface area contributed by atoms with Crippen LogP contribution in [0.2, 0.25) is 0 Å². The second-order valence-corrected chi connectivity index (χ2v) is 5.40. The highest BCUT2D eigenvalue weighted by atomic mass is 32.1. The van der Waals surface area contributed by atoms with Crippen LogP contribution in [0.4, 0.5) is 10.8 Å². The van der Waals surface area contributed by atoms with Gasteiger partial charge in [0.2, 0.25) is 11.0 Å². The Hall–Kier alpha value is -1.99. The number of nitrogens with one attached hydrogen (secondary N) is 1. The van der Waals surface area contributed by atoms with Gasteiger partial charge in [-0.1, -0.05) is 36.5 Å². The van der Waals surface area contributed by atoms with Crippen molar-refractivity contribution in [3.8, 4) is 0 Å². The van der Waals surface area contributed by atoms with Crippen molar-refractivity contribution < 1.29 is 9.90 Å². The second kappa shape index (κ2) is 7.70. The van der Waals surface area contributed by atoms with Gasteiger partial charge >= 0.3 is 0 Å². The van der Waals surface area contributed by atoms with Crippen LogP contribution in [0, 0.1) is 0 Å². The van der Waals surface area contributed by atoms with Crippen LogP contribution in [-0.4, -0.2) is 40.4 Å². The van der Waals surface area contributed by atoms with E-state index in [0.29, 0.717) is 18.1 Å². The highest BCUT2D eigenvalue weighted by Crippen LogP contribution is 2.15. The van der Waals surface area contributed by atoms with Crippen molar-refractivity contribution in [2.45, 2.75) is 19.4 Å². The molecule has 21 heavy (non-hydrogen) atoms. The van der Waals surface area contributed by atoms with E-state index in [2.05, 4.69) is 15.5 Å². The zero-order valence-electron chi connectivity index (χ0n) is 11.8. The number of aliphatic hydroxyl groups is 1. The molecule has 2 aromatic rings. The number of rotatable bonds is 7. The van der Waals surface area contributed by atoms with Crippen LogP contribution in [0.3, 0.4) is 0 Å². The molecule has 0 saturated carbocycles. The number of nitrogens with zero attached hydrogens (tertiary/aromatic N) is 3. The quantitative estimate of drug-likeness (QED) is 0.815. The maximum Gasteiger partial charge on any atom is 0.245 e. The summed E-state index contributed by atoms with van der Waals surface area (Å²) in [5.41, 5.74) is 2.46. The Morgan fingerprint density at radius 1 is 1.43 bits per heavy atom. The zero-order valence-corrected chi connectivity index (χ0v) is 12.6. The van der Waals surface area contributed by atoms with Gasteiger partial charge in [0.05, 0.1) is 12.6 Å². The normalized spacial score (nSPS) is 11.9. The predicted molar refractivity (Wildman–Crippen MR) is 83.5 cm³/mol. The Kier molecular flexibility index (Phi) is 5.65. The fourth-order valence-electron chi connectivity index (χ4n) is 1.84. The maximum atomic E-state index is 12.1. The number of carbonyl (C=O) groups is 1. The third-order valence-corrected chi connectivity index (χ3v) is 3.57. The van der Waals surface area contributed by atoms with E-state index in [-0.39, 0.29) is 12.5 Å². The Bertz CT molecular complexity index is 547. The minimum Gasteiger partial charge on any atom is -0.391 e. The summed E-state index contributed by atoms with van der Waals surface area (Å²) < 4.78 is 0. The molecule has 1 unspecified atom stereocenters. The van der Waals surface area contributed by atoms with Crippen LogP contribution in [0.15, 0.2) is 35.8 Å². The van der Waals surface area contributed by atoms with Crippen LogP contribution < -0.4 is 10.2 Å². The molecule has 1 aromatic carbocycles. The summed E-state index contributed by atoms with van der Waals surface area (Å²) in [6.45, 7) is 2.47. The van der Waals surface area contributed by atoms with Crippen LogP contribution in [0.1, 0.15) is 13.3 Å². The summed E-state index contributed by atoms with van der Waals surface area (Å²) in [6.07, 6.45) is 0.168. The van der Waals surface area contributed by atoms with E-state index in [1.54, 1.807) is 5.51 Å². The lowest BCUT2D eigenvalue weighted by atomic mass is 10.2. The molecule has 1 amide bonds. The average Bonchev–Trinajstić information content (AvgIpc) is 3.00. The molecule has 2 rings (SSSR count). The van der Waals surface area contributed by atoms with Crippen molar-refractivity contribution in [3.05, 3.63) is 35.8 Å². The van der Waals surface area contributed by atoms with Crippen molar-refractivity contribution in [1.82, 2.24) is 10.2 Å². The van der Waals surface area contributed by atoms with E-state index in [4.69, 9.17) is 0 Å². The molecule has 0 aliphatic rings. The van der Waals surface area contributed by atoms with Gasteiger partial charge in [0.25, 0.3) is 0 Å². The van der Waals surface area contributed by atoms with E-state index < -0.39 is 6.10 Å². The van der Waals surface area contributed by atoms with Gasteiger partial charge in [-0.25, -0.2) is 0 Å². The molecule has 1 aromatic heterocycles. The first-order valence-electron chi connectivity index (χ1n) is 6.73. The van der Waals surface area contributed by atoms with Crippen LogP contribution in [0.5, 0.6) is 0 Å². The van der Waals surface area contributed by atoms with Gasteiger partial charge in [-0.2, -0.15) is 0 Å². The molecule has 1 heterocycles. The summed E-state index contributed by atoms with van der Waals surface area (Å²) in [5.74, 6) is -0.182. The van der Waals surface area contributed by atoms with Crippen molar-refractivity contribution in [2.24, 2.45) is 0 Å². The first-order valence-corrected chi connectivity index (χ1v) is 7.61. The standard InChI is InChI=1S/C14H18N4O2S/c1-2-12(19)8-18(11-6-4-3-5-7-11)9-13(20)16-14-17-15-10-21-14/h3-7,10,12,19H,2,8-9H2,1H3,(H,16,17,20). The lowest BCUT2D eigenvalue weighted by molar-refractivity contribution is -0.115. The first-order chi connectivity index (χ1) is 10.2. The first kappa shape index (κ1) is 15.4. The number of amides is 1. The lowest BCUT2D eigenvalue weighted by Gasteiger charge is -2.26. The van der Waals surface area contributed by atoms with E-state index in [9.17, 15) is 9.90 Å². The Labute approximate surface area is 127 Å². The molecule has 6 nitrogen and oxygen atoms in total. The van der Waals surface area contributed by atoms with Crippen LogP contribution in [-0.2, 0) is 4.79 Å². The number of para-hydroxylation sites is 1. The number of carbonyl (C=O) groups excluding carboxylic acids is 1. The molecule has 7 heteroatoms. The monoisotopic (exact) mass is 306 g/mol. The van der Waals surface area contributed by atoms with Gasteiger partial charge in [0, 0.05) is 12.2 Å². The summed E-state index contributed by atoms with van der Waals surface area (Å²) >= 11 is 1.27. The fraction of sp³-hybridized carbons (Fsp3) is 0.357. The van der Waals surface area contributed by atoms with E-state index in [1.165, 1.54) is 11.3 Å². The molecule has 112 valence electrons. The lowest BCUT2D eigenvalue weighted by Crippen LogP contribution is -2.38. The summed E-state index contributed by atoms with van der Waals surface area (Å²) in [4.78, 5) is 13.9. The highest BCUT2D eigenvalue weighted by molar-refractivity contribution is 7.13. The number of aromatic nitrogens is 2. The topological polar surface area (TPSA) is 78.4 Å². The SMILES string of the molecule is CCC(O)CN(CC(=O)Nc1nncs1)c1ccccc1. The third kappa shape index (κ3) is 4.80. The molecule has 0 spiro atoms. The molecule has 0 bridgehead atoms. The van der Waals surface area contributed by atoms with Gasteiger partial charge in [-0.15, -0.1) is 10.2 Å². The molecule has 0 fully saturated rings. The van der Waals surface area contributed by atoms with Gasteiger partial charge < -0.3 is 10.0 Å². The fourth-order valence-corrected chi connectivity index (χ4v) is 2.30. The Morgan fingerprint density at radius 2 is 2.19 bits per heavy atom. The van der Waals surface area contributed by atoms with Crippen LogP contribution in [0.25, 0.3) is 0 Å². The van der Waals surface area contributed by atoms with E-state index in [1.807, 2.05) is 42.2 Å². The molecule has 0 saturated heterocycles. The minimum atomic E-state index is -0.473. The van der Waals surface area contributed by atoms with E-state index >= 15 is 0 Å². The van der Waals surface area contributed by atoms with Crippen molar-refractivity contribution in [1.29, 1.82) is 0 Å². The molecule has 1 atom stereocenters. The van der Waals surface area contributed by atoms with E-state index in [0.717, 1.165) is 5.69 Å². The van der Waals surface area contributed by atoms with Crippen molar-refractivity contribution in [2.75, 3.05) is 23.3 Å². The molecular formula is C14H18N4O2S. The molecular weight excluding hydrogens is 288 g/mol. The van der Waals surface area contributed by atoms with Crippen LogP contribution >= 0.6 is 11.3 Å². The largest absolute Gasteiger partial charge is 0.391 e. The average molecular weight is 306 g/mol. The number of anilines is 2. The third-order valence-electron chi connectivity index (χ3n) is 2.96. The molecule has 0 aliphatic heterocycles. The van der Waals surface area contributed by atoms with Gasteiger partial charge in [-0.3, -0.25) is 10.1 Å². The number of hydrogen-bond acceptors (Lipinski definition) is 6. The highest BCUT2D eigenvalue weighted by Gasteiger charge is 2.15. The van der Waals surface area contributed by atoms with Crippen molar-refractivity contribution >= 4 is 28.1 Å². The number of aliphatic hydroxyl groups excluding tert-OH is 1. The van der Waals surface area contributed by atoms with Gasteiger partial charge in [0.1, 0.15) is 5.51 Å². The van der Waals surface area contributed by atoms with Gasteiger partial charge in [0.15, 0.2) is 0 Å². The van der Waals surface area contributed by atoms with Gasteiger partial charge in [-0.05, 0) is 18.6 Å². The summed E-state index contributed by atoms with van der Waals surface area (Å²) in [5, 5.41) is 20.5. The number of hydrogen-bond donors (Lipinski definition) is 2. The summed E-state index contributed by atoms with van der Waals surface area (Å²) in [6, 6.07) is 9.56. The minimum absolute atomic E-state index is 0.153. The smallest absolute Gasteiger partial charge is 0.245 e. The summed E-state index contributed by atoms with van der Waals surface area (Å²) in [7, 11) is 0. The Balaban J connectivity index is 2.03. The predicted octanol–water partition coefficient (Wildman–Crippen LogP) is 1.75. The maximum absolute atomic E-state index is 12.1. The van der Waals surface area contributed by atoms with Crippen molar-refractivity contribution in [3.63, 3.8) is 0 Å².